The highest BCUT2D eigenvalue weighted by Crippen LogP contribution is 2.37. The summed E-state index contributed by atoms with van der Waals surface area (Å²) in [5.74, 6) is -1.24. The van der Waals surface area contributed by atoms with Crippen molar-refractivity contribution in [1.82, 2.24) is 0 Å². The molecule has 7 nitrogen and oxygen atoms in total. The Morgan fingerprint density at radius 1 is 1.19 bits per heavy atom. The van der Waals surface area contributed by atoms with Gasteiger partial charge < -0.3 is 19.4 Å². The smallest absolute Gasteiger partial charge is 0.265 e. The Hall–Kier alpha value is -2.65. The Morgan fingerprint density at radius 2 is 1.89 bits per heavy atom. The lowest BCUT2D eigenvalue weighted by Gasteiger charge is -2.16. The van der Waals surface area contributed by atoms with Gasteiger partial charge in [-0.25, -0.2) is 8.42 Å². The van der Waals surface area contributed by atoms with E-state index in [-0.39, 0.29) is 16.4 Å². The number of aliphatic carboxylic acids is 1. The summed E-state index contributed by atoms with van der Waals surface area (Å²) in [5, 5.41) is 10.7. The zero-order valence-corrected chi connectivity index (χ0v) is 16.5. The topological polar surface area (TPSA) is 105 Å². The number of thioether (sulfide) groups is 1. The number of para-hydroxylation sites is 1. The lowest BCUT2D eigenvalue weighted by atomic mass is 10.2. The van der Waals surface area contributed by atoms with E-state index in [1.54, 1.807) is 24.3 Å². The molecule has 144 valence electrons. The molecule has 0 fully saturated rings. The predicted molar refractivity (Wildman–Crippen MR) is 103 cm³/mol. The van der Waals surface area contributed by atoms with Gasteiger partial charge in [-0.05, 0) is 42.2 Å². The standard InChI is InChI=1S/C18H19NO6S2/c1-24-14-10-12(8-9-17(20)21)11-16(18(14)25-2)27(22,23)19-13-6-4-5-7-15(13)26-3/h4-11,19H,1-3H3,(H,20,21)/p-1/b9-8+. The maximum atomic E-state index is 13.0. The molecule has 0 spiro atoms. The molecule has 0 atom stereocenters. The Labute approximate surface area is 162 Å². The minimum Gasteiger partial charge on any atom is -0.545 e. The summed E-state index contributed by atoms with van der Waals surface area (Å²) in [6, 6.07) is 9.72. The summed E-state index contributed by atoms with van der Waals surface area (Å²) in [6.07, 6.45) is 3.85. The summed E-state index contributed by atoms with van der Waals surface area (Å²) in [5.41, 5.74) is 0.720. The fourth-order valence-corrected chi connectivity index (χ4v) is 4.25. The molecule has 2 aromatic rings. The van der Waals surface area contributed by atoms with Crippen LogP contribution < -0.4 is 19.3 Å². The van der Waals surface area contributed by atoms with Crippen LogP contribution in [0.15, 0.2) is 52.3 Å². The molecule has 0 radical (unpaired) electrons. The number of benzene rings is 2. The van der Waals surface area contributed by atoms with Gasteiger partial charge in [-0.1, -0.05) is 18.2 Å². The first-order valence-electron chi connectivity index (χ1n) is 7.63. The fourth-order valence-electron chi connectivity index (χ4n) is 2.34. The molecule has 0 bridgehead atoms. The molecule has 0 amide bonds. The fraction of sp³-hybridized carbons (Fsp3) is 0.167. The van der Waals surface area contributed by atoms with Crippen molar-refractivity contribution < 1.29 is 27.8 Å². The van der Waals surface area contributed by atoms with Gasteiger partial charge in [-0.3, -0.25) is 4.72 Å². The third-order valence-corrected chi connectivity index (χ3v) is 5.69. The van der Waals surface area contributed by atoms with Crippen LogP contribution in [0.1, 0.15) is 5.56 Å². The van der Waals surface area contributed by atoms with Gasteiger partial charge in [-0.2, -0.15) is 0 Å². The van der Waals surface area contributed by atoms with Gasteiger partial charge in [0.15, 0.2) is 11.5 Å². The number of methoxy groups -OCH3 is 2. The highest BCUT2D eigenvalue weighted by molar-refractivity contribution is 7.99. The van der Waals surface area contributed by atoms with E-state index in [0.29, 0.717) is 11.3 Å². The van der Waals surface area contributed by atoms with E-state index >= 15 is 0 Å². The minimum atomic E-state index is -4.05. The maximum absolute atomic E-state index is 13.0. The summed E-state index contributed by atoms with van der Waals surface area (Å²) in [4.78, 5) is 11.2. The van der Waals surface area contributed by atoms with Crippen LogP contribution in [0.3, 0.4) is 0 Å². The lowest BCUT2D eigenvalue weighted by molar-refractivity contribution is -0.297. The summed E-state index contributed by atoms with van der Waals surface area (Å²) in [6.45, 7) is 0. The first-order valence-corrected chi connectivity index (χ1v) is 10.3. The number of hydrogen-bond acceptors (Lipinski definition) is 7. The molecular weight excluding hydrogens is 390 g/mol. The molecule has 0 aromatic heterocycles. The zero-order chi connectivity index (χ0) is 20.0. The van der Waals surface area contributed by atoms with Crippen molar-refractivity contribution in [2.45, 2.75) is 9.79 Å². The molecule has 0 aliphatic carbocycles. The van der Waals surface area contributed by atoms with E-state index in [2.05, 4.69) is 4.72 Å². The summed E-state index contributed by atoms with van der Waals surface area (Å²) >= 11 is 1.40. The predicted octanol–water partition coefficient (Wildman–Crippen LogP) is 1.99. The number of anilines is 1. The first-order chi connectivity index (χ1) is 12.8. The third kappa shape index (κ3) is 4.95. The Kier molecular flexibility index (Phi) is 6.75. The molecule has 27 heavy (non-hydrogen) atoms. The molecule has 0 saturated heterocycles. The maximum Gasteiger partial charge on any atom is 0.265 e. The van der Waals surface area contributed by atoms with Crippen LogP contribution in [0.5, 0.6) is 11.5 Å². The average Bonchev–Trinajstić information content (AvgIpc) is 2.65. The molecule has 0 aliphatic heterocycles. The van der Waals surface area contributed by atoms with Crippen LogP contribution in [0.2, 0.25) is 0 Å². The van der Waals surface area contributed by atoms with Gasteiger partial charge in [0.05, 0.1) is 25.9 Å². The molecule has 0 saturated carbocycles. The van der Waals surface area contributed by atoms with Crippen LogP contribution >= 0.6 is 11.8 Å². The van der Waals surface area contributed by atoms with Crippen molar-refractivity contribution in [3.05, 3.63) is 48.0 Å². The normalized spacial score (nSPS) is 11.4. The van der Waals surface area contributed by atoms with Gasteiger partial charge in [0.25, 0.3) is 10.0 Å². The van der Waals surface area contributed by atoms with Gasteiger partial charge in [0, 0.05) is 4.90 Å². The van der Waals surface area contributed by atoms with Gasteiger partial charge in [-0.15, -0.1) is 11.8 Å². The van der Waals surface area contributed by atoms with Crippen molar-refractivity contribution in [3.8, 4) is 11.5 Å². The van der Waals surface area contributed by atoms with Crippen molar-refractivity contribution in [3.63, 3.8) is 0 Å². The number of carboxylic acids is 1. The van der Waals surface area contributed by atoms with Gasteiger partial charge in [0.2, 0.25) is 0 Å². The Bertz CT molecular complexity index is 970. The lowest BCUT2D eigenvalue weighted by Crippen LogP contribution is -2.18. The summed E-state index contributed by atoms with van der Waals surface area (Å²) in [7, 11) is -1.37. The van der Waals surface area contributed by atoms with E-state index in [9.17, 15) is 18.3 Å². The van der Waals surface area contributed by atoms with Crippen LogP contribution in [-0.2, 0) is 14.8 Å². The number of sulfonamides is 1. The van der Waals surface area contributed by atoms with E-state index in [1.165, 1.54) is 44.2 Å². The van der Waals surface area contributed by atoms with Crippen LogP contribution in [0, 0.1) is 0 Å². The van der Waals surface area contributed by atoms with E-state index in [4.69, 9.17) is 9.47 Å². The highest BCUT2D eigenvalue weighted by atomic mass is 32.2. The van der Waals surface area contributed by atoms with E-state index in [0.717, 1.165) is 11.0 Å². The number of carbonyl (C=O) groups excluding carboxylic acids is 1. The second-order valence-corrected chi connectivity index (χ2v) is 7.71. The second kappa shape index (κ2) is 8.83. The molecule has 0 unspecified atom stereocenters. The number of hydrogen-bond donors (Lipinski definition) is 1. The molecule has 2 aromatic carbocycles. The third-order valence-electron chi connectivity index (χ3n) is 3.52. The van der Waals surface area contributed by atoms with Crippen molar-refractivity contribution >= 4 is 39.5 Å². The molecular formula is C18H18NO6S2-. The quantitative estimate of drug-likeness (QED) is 0.526. The molecule has 2 rings (SSSR count). The molecule has 9 heteroatoms. The van der Waals surface area contributed by atoms with E-state index in [1.807, 2.05) is 6.26 Å². The summed E-state index contributed by atoms with van der Waals surface area (Å²) < 4.78 is 39.0. The van der Waals surface area contributed by atoms with Crippen LogP contribution in [-0.4, -0.2) is 34.9 Å². The molecule has 0 heterocycles. The highest BCUT2D eigenvalue weighted by Gasteiger charge is 2.24. The van der Waals surface area contributed by atoms with E-state index < -0.39 is 16.0 Å². The average molecular weight is 408 g/mol. The van der Waals surface area contributed by atoms with Crippen molar-refractivity contribution in [1.29, 1.82) is 0 Å². The number of carboxylic acid groups (broad SMARTS) is 1. The Morgan fingerprint density at radius 3 is 2.48 bits per heavy atom. The monoisotopic (exact) mass is 408 g/mol. The minimum absolute atomic E-state index is 0.0113. The van der Waals surface area contributed by atoms with Gasteiger partial charge >= 0.3 is 0 Å². The first kappa shape index (κ1) is 20.7. The van der Waals surface area contributed by atoms with Crippen molar-refractivity contribution in [2.75, 3.05) is 25.2 Å². The molecule has 0 aliphatic rings. The number of ether oxygens (including phenoxy) is 2. The van der Waals surface area contributed by atoms with Crippen LogP contribution in [0.4, 0.5) is 5.69 Å². The SMILES string of the molecule is COc1cc(/C=C/C(=O)[O-])cc(S(=O)(=O)Nc2ccccc2SC)c1OC. The van der Waals surface area contributed by atoms with Crippen LogP contribution in [0.25, 0.3) is 6.08 Å². The van der Waals surface area contributed by atoms with Gasteiger partial charge in [0.1, 0.15) is 4.90 Å². The van der Waals surface area contributed by atoms with Crippen molar-refractivity contribution in [2.24, 2.45) is 0 Å². The largest absolute Gasteiger partial charge is 0.545 e. The number of rotatable bonds is 8. The Balaban J connectivity index is 2.59. The number of carbonyl (C=O) groups is 1. The zero-order valence-electron chi connectivity index (χ0n) is 14.9. The second-order valence-electron chi connectivity index (χ2n) is 5.21. The number of nitrogens with one attached hydrogen (secondary N) is 1. The molecule has 1 N–H and O–H groups in total.